The van der Waals surface area contributed by atoms with E-state index in [1.807, 2.05) is 0 Å². The van der Waals surface area contributed by atoms with Crippen LogP contribution >= 0.6 is 11.6 Å². The lowest BCUT2D eigenvalue weighted by Crippen LogP contribution is -2.36. The average Bonchev–Trinajstić information content (AvgIpc) is 3.08. The first kappa shape index (κ1) is 13.5. The highest BCUT2D eigenvalue weighted by atomic mass is 35.5. The van der Waals surface area contributed by atoms with E-state index in [4.69, 9.17) is 11.6 Å². The first-order valence-corrected chi connectivity index (χ1v) is 6.01. The number of hydrogen-bond acceptors (Lipinski definition) is 2. The summed E-state index contributed by atoms with van der Waals surface area (Å²) < 4.78 is 37.7. The van der Waals surface area contributed by atoms with Crippen LogP contribution in [0.3, 0.4) is 0 Å². The lowest BCUT2D eigenvalue weighted by atomic mass is 10.1. The van der Waals surface area contributed by atoms with Crippen molar-refractivity contribution in [1.29, 1.82) is 0 Å². The Morgan fingerprint density at radius 3 is 2.50 bits per heavy atom. The van der Waals surface area contributed by atoms with Gasteiger partial charge in [-0.2, -0.15) is 13.2 Å². The normalized spacial score (nSPS) is 15.8. The van der Waals surface area contributed by atoms with E-state index in [0.717, 1.165) is 12.8 Å². The molecule has 18 heavy (non-hydrogen) atoms. The molecule has 0 radical (unpaired) electrons. The molecule has 6 heteroatoms. The van der Waals surface area contributed by atoms with Crippen LogP contribution in [0, 0.1) is 0 Å². The molecule has 0 atom stereocenters. The highest BCUT2D eigenvalue weighted by molar-refractivity contribution is 6.30. The second-order valence-electron chi connectivity index (χ2n) is 4.41. The third-order valence-corrected chi connectivity index (χ3v) is 3.09. The number of alkyl halides is 3. The fraction of sp³-hybridized carbons (Fsp3) is 0.500. The zero-order valence-corrected chi connectivity index (χ0v) is 10.3. The van der Waals surface area contributed by atoms with Gasteiger partial charge in [0.25, 0.3) is 0 Å². The molecule has 0 spiro atoms. The van der Waals surface area contributed by atoms with Gasteiger partial charge >= 0.3 is 6.18 Å². The minimum Gasteiger partial charge on any atom is -0.392 e. The zero-order chi connectivity index (χ0) is 13.3. The maximum absolute atomic E-state index is 12.6. The summed E-state index contributed by atoms with van der Waals surface area (Å²) in [6.07, 6.45) is -2.75. The van der Waals surface area contributed by atoms with Crippen LogP contribution < -0.4 is 4.90 Å². The molecule has 0 saturated heterocycles. The fourth-order valence-electron chi connectivity index (χ4n) is 1.95. The van der Waals surface area contributed by atoms with Gasteiger partial charge in [0.15, 0.2) is 0 Å². The summed E-state index contributed by atoms with van der Waals surface area (Å²) in [5.74, 6) is 0. The molecule has 1 aromatic carbocycles. The van der Waals surface area contributed by atoms with Crippen LogP contribution in [0.15, 0.2) is 18.2 Å². The fourth-order valence-corrected chi connectivity index (χ4v) is 2.15. The number of aliphatic hydroxyl groups is 1. The molecule has 0 amide bonds. The number of nitrogens with zero attached hydrogens (tertiary/aromatic N) is 1. The van der Waals surface area contributed by atoms with Gasteiger partial charge in [0.2, 0.25) is 0 Å². The summed E-state index contributed by atoms with van der Waals surface area (Å²) in [5, 5.41) is 9.63. The van der Waals surface area contributed by atoms with Gasteiger partial charge in [-0.3, -0.25) is 0 Å². The Labute approximate surface area is 108 Å². The number of benzene rings is 1. The highest BCUT2D eigenvalue weighted by Crippen LogP contribution is 2.36. The van der Waals surface area contributed by atoms with Crippen molar-refractivity contribution in [2.24, 2.45) is 0 Å². The Bertz CT molecular complexity index is 432. The standard InChI is InChI=1S/C12H13ClF3NO/c13-9-1-4-11(8(5-9)6-18)17(10-2-3-10)7-12(14,15)16/h1,4-5,10,18H,2-3,6-7H2. The van der Waals surface area contributed by atoms with Gasteiger partial charge in [0.1, 0.15) is 6.54 Å². The molecule has 1 saturated carbocycles. The van der Waals surface area contributed by atoms with Gasteiger partial charge in [-0.25, -0.2) is 0 Å². The Balaban J connectivity index is 2.30. The van der Waals surface area contributed by atoms with Crippen molar-refractivity contribution in [2.75, 3.05) is 11.4 Å². The maximum atomic E-state index is 12.6. The third kappa shape index (κ3) is 3.29. The van der Waals surface area contributed by atoms with Gasteiger partial charge in [0.05, 0.1) is 6.61 Å². The van der Waals surface area contributed by atoms with E-state index in [1.165, 1.54) is 17.0 Å². The average molecular weight is 280 g/mol. The molecule has 0 aromatic heterocycles. The summed E-state index contributed by atoms with van der Waals surface area (Å²) in [6.45, 7) is -1.32. The summed E-state index contributed by atoms with van der Waals surface area (Å²) in [6, 6.07) is 4.50. The number of aliphatic hydroxyl groups excluding tert-OH is 1. The summed E-state index contributed by atoms with van der Waals surface area (Å²) in [5.41, 5.74) is 0.848. The van der Waals surface area contributed by atoms with E-state index in [-0.39, 0.29) is 12.6 Å². The molecule has 1 aliphatic rings. The minimum absolute atomic E-state index is 0.0851. The zero-order valence-electron chi connectivity index (χ0n) is 9.54. The van der Waals surface area contributed by atoms with Crippen molar-refractivity contribution in [1.82, 2.24) is 0 Å². The molecule has 1 aromatic rings. The summed E-state index contributed by atoms with van der Waals surface area (Å²) >= 11 is 5.78. The van der Waals surface area contributed by atoms with Crippen molar-refractivity contribution in [3.05, 3.63) is 28.8 Å². The molecule has 0 heterocycles. The van der Waals surface area contributed by atoms with Crippen LogP contribution in [-0.2, 0) is 6.61 Å². The van der Waals surface area contributed by atoms with E-state index >= 15 is 0 Å². The molecular weight excluding hydrogens is 267 g/mol. The molecule has 1 N–H and O–H groups in total. The molecule has 0 bridgehead atoms. The van der Waals surface area contributed by atoms with Crippen molar-refractivity contribution in [2.45, 2.75) is 31.7 Å². The molecule has 0 unspecified atom stereocenters. The van der Waals surface area contributed by atoms with E-state index in [9.17, 15) is 18.3 Å². The predicted octanol–water partition coefficient (Wildman–Crippen LogP) is 3.36. The van der Waals surface area contributed by atoms with Gasteiger partial charge in [-0.1, -0.05) is 11.6 Å². The Hall–Kier alpha value is -0.940. The quantitative estimate of drug-likeness (QED) is 0.913. The van der Waals surface area contributed by atoms with Crippen LogP contribution in [0.25, 0.3) is 0 Å². The maximum Gasteiger partial charge on any atom is 0.405 e. The minimum atomic E-state index is -4.26. The SMILES string of the molecule is OCc1cc(Cl)ccc1N(CC(F)(F)F)C1CC1. The van der Waals surface area contributed by atoms with Crippen LogP contribution in [0.5, 0.6) is 0 Å². The van der Waals surface area contributed by atoms with Crippen molar-refractivity contribution >= 4 is 17.3 Å². The van der Waals surface area contributed by atoms with E-state index in [2.05, 4.69) is 0 Å². The summed E-state index contributed by atoms with van der Waals surface area (Å²) in [4.78, 5) is 1.31. The van der Waals surface area contributed by atoms with Crippen molar-refractivity contribution < 1.29 is 18.3 Å². The van der Waals surface area contributed by atoms with Crippen LogP contribution in [-0.4, -0.2) is 23.9 Å². The molecule has 100 valence electrons. The van der Waals surface area contributed by atoms with Crippen LogP contribution in [0.4, 0.5) is 18.9 Å². The van der Waals surface area contributed by atoms with E-state index in [1.54, 1.807) is 6.07 Å². The van der Waals surface area contributed by atoms with E-state index < -0.39 is 12.7 Å². The smallest absolute Gasteiger partial charge is 0.392 e. The second-order valence-corrected chi connectivity index (χ2v) is 4.84. The highest BCUT2D eigenvalue weighted by Gasteiger charge is 2.38. The number of anilines is 1. The molecular formula is C12H13ClF3NO. The largest absolute Gasteiger partial charge is 0.405 e. The topological polar surface area (TPSA) is 23.5 Å². The molecule has 1 fully saturated rings. The number of hydrogen-bond donors (Lipinski definition) is 1. The molecule has 0 aliphatic heterocycles. The monoisotopic (exact) mass is 279 g/mol. The number of rotatable bonds is 4. The Morgan fingerprint density at radius 2 is 2.00 bits per heavy atom. The van der Waals surface area contributed by atoms with Gasteiger partial charge in [-0.05, 0) is 31.0 Å². The second kappa shape index (κ2) is 4.97. The van der Waals surface area contributed by atoms with E-state index in [0.29, 0.717) is 16.3 Å². The van der Waals surface area contributed by atoms with Crippen LogP contribution in [0.1, 0.15) is 18.4 Å². The molecule has 2 rings (SSSR count). The Kier molecular flexibility index (Phi) is 3.73. The van der Waals surface area contributed by atoms with Gasteiger partial charge < -0.3 is 10.0 Å². The van der Waals surface area contributed by atoms with Gasteiger partial charge in [-0.15, -0.1) is 0 Å². The number of halogens is 4. The van der Waals surface area contributed by atoms with Gasteiger partial charge in [0, 0.05) is 22.3 Å². The third-order valence-electron chi connectivity index (χ3n) is 2.86. The Morgan fingerprint density at radius 1 is 1.33 bits per heavy atom. The van der Waals surface area contributed by atoms with Crippen molar-refractivity contribution in [3.63, 3.8) is 0 Å². The predicted molar refractivity (Wildman–Crippen MR) is 63.8 cm³/mol. The molecule has 2 nitrogen and oxygen atoms in total. The lowest BCUT2D eigenvalue weighted by Gasteiger charge is -2.27. The first-order chi connectivity index (χ1) is 8.40. The van der Waals surface area contributed by atoms with Crippen molar-refractivity contribution in [3.8, 4) is 0 Å². The van der Waals surface area contributed by atoms with Crippen LogP contribution in [0.2, 0.25) is 5.02 Å². The first-order valence-electron chi connectivity index (χ1n) is 5.63. The molecule has 1 aliphatic carbocycles. The lowest BCUT2D eigenvalue weighted by molar-refractivity contribution is -0.120. The summed E-state index contributed by atoms with van der Waals surface area (Å²) in [7, 11) is 0.